The second kappa shape index (κ2) is 7.47. The Kier molecular flexibility index (Phi) is 6.27. The fourth-order valence-electron chi connectivity index (χ4n) is 0.996. The molecular formula is C10H11F4O4P. The molecule has 0 aliphatic carbocycles. The van der Waals surface area contributed by atoms with Crippen molar-refractivity contribution in [1.29, 1.82) is 0 Å². The van der Waals surface area contributed by atoms with Crippen molar-refractivity contribution in [2.45, 2.75) is 12.9 Å². The van der Waals surface area contributed by atoms with Crippen molar-refractivity contribution in [2.75, 3.05) is 13.2 Å². The Bertz CT molecular complexity index is 399. The van der Waals surface area contributed by atoms with Crippen LogP contribution in [0.4, 0.5) is 17.6 Å². The molecule has 0 N–H and O–H groups in total. The molecule has 0 saturated heterocycles. The number of phosphoric ester groups is 1. The molecule has 0 atom stereocenters. The molecule has 1 aromatic carbocycles. The molecule has 4 nitrogen and oxygen atoms in total. The lowest BCUT2D eigenvalue weighted by Crippen LogP contribution is -2.11. The maximum absolute atomic E-state index is 12.0. The van der Waals surface area contributed by atoms with Gasteiger partial charge in [0, 0.05) is 0 Å². The van der Waals surface area contributed by atoms with Crippen LogP contribution in [0.1, 0.15) is 0 Å². The Balaban J connectivity index is 2.70. The normalized spacial score (nSPS) is 12.1. The van der Waals surface area contributed by atoms with E-state index in [4.69, 9.17) is 4.52 Å². The summed E-state index contributed by atoms with van der Waals surface area (Å²) in [6.07, 6.45) is -5.86. The summed E-state index contributed by atoms with van der Waals surface area (Å²) in [4.78, 5) is 0. The van der Waals surface area contributed by atoms with E-state index in [1.54, 1.807) is 6.07 Å². The van der Waals surface area contributed by atoms with E-state index in [2.05, 4.69) is 9.05 Å². The van der Waals surface area contributed by atoms with E-state index in [0.29, 0.717) is 0 Å². The van der Waals surface area contributed by atoms with Gasteiger partial charge in [0.15, 0.2) is 0 Å². The smallest absolute Gasteiger partial charge is 0.404 e. The molecule has 1 rings (SSSR count). The van der Waals surface area contributed by atoms with Crippen LogP contribution in [0.5, 0.6) is 5.75 Å². The van der Waals surface area contributed by atoms with Crippen LogP contribution in [-0.2, 0) is 13.6 Å². The summed E-state index contributed by atoms with van der Waals surface area (Å²) < 4.78 is 73.1. The van der Waals surface area contributed by atoms with Crippen molar-refractivity contribution >= 4 is 7.82 Å². The van der Waals surface area contributed by atoms with Gasteiger partial charge in [-0.05, 0) is 12.1 Å². The van der Waals surface area contributed by atoms with E-state index in [0.717, 1.165) is 0 Å². The molecule has 0 saturated carbocycles. The quantitative estimate of drug-likeness (QED) is 0.542. The molecule has 0 aliphatic heterocycles. The van der Waals surface area contributed by atoms with Gasteiger partial charge in [-0.2, -0.15) is 0 Å². The molecule has 0 bridgehead atoms. The van der Waals surface area contributed by atoms with E-state index < -0.39 is 33.9 Å². The number of benzene rings is 1. The Morgan fingerprint density at radius 2 is 1.42 bits per heavy atom. The van der Waals surface area contributed by atoms with Gasteiger partial charge in [0.2, 0.25) is 0 Å². The first-order valence-corrected chi connectivity index (χ1v) is 6.57. The second-order valence-corrected chi connectivity index (χ2v) is 4.82. The lowest BCUT2D eigenvalue weighted by atomic mass is 10.3. The highest BCUT2D eigenvalue weighted by Gasteiger charge is 2.31. The minimum absolute atomic E-state index is 0.00522. The fraction of sp³-hybridized carbons (Fsp3) is 0.400. The van der Waals surface area contributed by atoms with E-state index >= 15 is 0 Å². The van der Waals surface area contributed by atoms with Crippen LogP contribution in [0, 0.1) is 0 Å². The first-order chi connectivity index (χ1) is 8.91. The summed E-state index contributed by atoms with van der Waals surface area (Å²) in [6, 6.07) is 7.35. The predicted molar refractivity (Wildman–Crippen MR) is 58.6 cm³/mol. The summed E-state index contributed by atoms with van der Waals surface area (Å²) in [5, 5.41) is 0. The van der Waals surface area contributed by atoms with Crippen molar-refractivity contribution in [3.63, 3.8) is 0 Å². The molecule has 0 spiro atoms. The average molecular weight is 302 g/mol. The molecule has 0 aliphatic rings. The summed E-state index contributed by atoms with van der Waals surface area (Å²) >= 11 is 0. The molecule has 0 aromatic heterocycles. The van der Waals surface area contributed by atoms with Crippen LogP contribution in [-0.4, -0.2) is 26.1 Å². The van der Waals surface area contributed by atoms with Crippen molar-refractivity contribution in [2.24, 2.45) is 0 Å². The zero-order chi connectivity index (χ0) is 14.3. The number of para-hydroxylation sites is 1. The molecule has 1 aromatic rings. The molecule has 0 unspecified atom stereocenters. The maximum atomic E-state index is 12.0. The topological polar surface area (TPSA) is 44.8 Å². The van der Waals surface area contributed by atoms with Gasteiger partial charge >= 0.3 is 7.82 Å². The van der Waals surface area contributed by atoms with E-state index in [-0.39, 0.29) is 5.75 Å². The summed E-state index contributed by atoms with van der Waals surface area (Å²) in [5.41, 5.74) is 0. The number of phosphoric acid groups is 1. The number of alkyl halides is 4. The molecule has 0 fully saturated rings. The minimum atomic E-state index is -4.51. The number of rotatable bonds is 8. The van der Waals surface area contributed by atoms with Gasteiger partial charge in [-0.1, -0.05) is 18.2 Å². The predicted octanol–water partition coefficient (Wildman–Crippen LogP) is 3.74. The highest BCUT2D eigenvalue weighted by Crippen LogP contribution is 2.49. The number of hydrogen-bond donors (Lipinski definition) is 0. The van der Waals surface area contributed by atoms with Crippen molar-refractivity contribution < 1.29 is 35.7 Å². The van der Waals surface area contributed by atoms with Crippen LogP contribution >= 0.6 is 7.82 Å². The molecule has 0 heterocycles. The summed E-state index contributed by atoms with van der Waals surface area (Å²) in [7, 11) is -4.51. The third kappa shape index (κ3) is 6.56. The molecule has 108 valence electrons. The SMILES string of the molecule is O=P(OCC(F)F)(OCC(F)F)Oc1ccccc1. The lowest BCUT2D eigenvalue weighted by Gasteiger charge is -2.18. The Morgan fingerprint density at radius 3 is 1.84 bits per heavy atom. The highest BCUT2D eigenvalue weighted by molar-refractivity contribution is 7.48. The third-order valence-electron chi connectivity index (χ3n) is 1.68. The van der Waals surface area contributed by atoms with E-state index in [1.807, 2.05) is 0 Å². The zero-order valence-electron chi connectivity index (χ0n) is 9.55. The molecule has 0 amide bonds. The van der Waals surface area contributed by atoms with Crippen LogP contribution < -0.4 is 4.52 Å². The van der Waals surface area contributed by atoms with Crippen LogP contribution in [0.25, 0.3) is 0 Å². The lowest BCUT2D eigenvalue weighted by molar-refractivity contribution is 0.0316. The Morgan fingerprint density at radius 1 is 0.947 bits per heavy atom. The van der Waals surface area contributed by atoms with E-state index in [9.17, 15) is 22.1 Å². The third-order valence-corrected chi connectivity index (χ3v) is 3.04. The van der Waals surface area contributed by atoms with Crippen molar-refractivity contribution in [3.05, 3.63) is 30.3 Å². The largest absolute Gasteiger partial charge is 0.530 e. The summed E-state index contributed by atoms with van der Waals surface area (Å²) in [6.45, 7) is -2.49. The number of halogens is 4. The van der Waals surface area contributed by atoms with Crippen molar-refractivity contribution in [3.8, 4) is 5.75 Å². The molecule has 19 heavy (non-hydrogen) atoms. The molecular weight excluding hydrogens is 291 g/mol. The Hall–Kier alpha value is -1.11. The van der Waals surface area contributed by atoms with Crippen LogP contribution in [0.3, 0.4) is 0 Å². The Labute approximate surface area is 106 Å². The van der Waals surface area contributed by atoms with Gasteiger partial charge in [0.25, 0.3) is 12.9 Å². The summed E-state index contributed by atoms with van der Waals surface area (Å²) in [5.74, 6) is -0.00522. The van der Waals surface area contributed by atoms with E-state index in [1.165, 1.54) is 24.3 Å². The van der Waals surface area contributed by atoms with Gasteiger partial charge in [-0.3, -0.25) is 9.05 Å². The van der Waals surface area contributed by atoms with Crippen LogP contribution in [0.15, 0.2) is 30.3 Å². The van der Waals surface area contributed by atoms with Gasteiger partial charge < -0.3 is 4.52 Å². The standard InChI is InChI=1S/C10H11F4O4P/c11-9(12)6-16-19(15,17-7-10(13)14)18-8-4-2-1-3-5-8/h1-5,9-10H,6-7H2. The zero-order valence-corrected chi connectivity index (χ0v) is 10.4. The van der Waals surface area contributed by atoms with Gasteiger partial charge in [0.05, 0.1) is 0 Å². The van der Waals surface area contributed by atoms with Crippen LogP contribution in [0.2, 0.25) is 0 Å². The fourth-order valence-corrected chi connectivity index (χ4v) is 2.15. The van der Waals surface area contributed by atoms with Gasteiger partial charge in [0.1, 0.15) is 19.0 Å². The van der Waals surface area contributed by atoms with Gasteiger partial charge in [-0.25, -0.2) is 22.1 Å². The monoisotopic (exact) mass is 302 g/mol. The number of hydrogen-bond acceptors (Lipinski definition) is 4. The minimum Gasteiger partial charge on any atom is -0.404 e. The average Bonchev–Trinajstić information content (AvgIpc) is 2.36. The van der Waals surface area contributed by atoms with Gasteiger partial charge in [-0.15, -0.1) is 0 Å². The first kappa shape index (κ1) is 15.9. The molecule has 0 radical (unpaired) electrons. The van der Waals surface area contributed by atoms with Crippen molar-refractivity contribution in [1.82, 2.24) is 0 Å². The highest BCUT2D eigenvalue weighted by atomic mass is 31.2. The maximum Gasteiger partial charge on any atom is 0.530 e. The molecule has 9 heteroatoms. The second-order valence-electron chi connectivity index (χ2n) is 3.23. The first-order valence-electron chi connectivity index (χ1n) is 5.11.